The molecule has 6 heteroatoms. The van der Waals surface area contributed by atoms with Crippen molar-refractivity contribution in [1.29, 1.82) is 0 Å². The molecule has 3 aromatic carbocycles. The Morgan fingerprint density at radius 2 is 1.70 bits per heavy atom. The Labute approximate surface area is 184 Å². The van der Waals surface area contributed by atoms with Crippen LogP contribution in [0.4, 0.5) is 5.69 Å². The highest BCUT2D eigenvalue weighted by molar-refractivity contribution is 7.99. The molecule has 0 N–H and O–H groups in total. The van der Waals surface area contributed by atoms with Crippen LogP contribution < -0.4 is 10.5 Å². The highest BCUT2D eigenvalue weighted by Gasteiger charge is 2.16. The van der Waals surface area contributed by atoms with Crippen molar-refractivity contribution in [3.8, 4) is 5.69 Å². The number of para-hydroxylation sites is 3. The van der Waals surface area contributed by atoms with Gasteiger partial charge in [-0.05, 0) is 36.4 Å². The van der Waals surface area contributed by atoms with E-state index >= 15 is 0 Å². The molecule has 0 bridgehead atoms. The zero-order valence-corrected chi connectivity index (χ0v) is 18.0. The van der Waals surface area contributed by atoms with Crippen molar-refractivity contribution in [3.63, 3.8) is 0 Å². The van der Waals surface area contributed by atoms with E-state index in [4.69, 9.17) is 16.6 Å². The van der Waals surface area contributed by atoms with E-state index in [-0.39, 0.29) is 5.56 Å². The van der Waals surface area contributed by atoms with Crippen LogP contribution in [0.1, 0.15) is 0 Å². The fraction of sp³-hybridized carbons (Fsp3) is 0.0833. The fourth-order valence-corrected chi connectivity index (χ4v) is 4.32. The minimum absolute atomic E-state index is 0.141. The van der Waals surface area contributed by atoms with Gasteiger partial charge in [0, 0.05) is 24.2 Å². The molecule has 1 heterocycles. The van der Waals surface area contributed by atoms with Crippen LogP contribution in [0.3, 0.4) is 0 Å². The maximum Gasteiger partial charge on any atom is 0.266 e. The molecule has 30 heavy (non-hydrogen) atoms. The van der Waals surface area contributed by atoms with E-state index in [0.717, 1.165) is 11.4 Å². The third-order valence-corrected chi connectivity index (χ3v) is 6.15. The summed E-state index contributed by atoms with van der Waals surface area (Å²) in [6, 6.07) is 24.7. The van der Waals surface area contributed by atoms with Gasteiger partial charge in [-0.15, -0.1) is 0 Å². The number of rotatable bonds is 6. The standard InChI is InChI=1S/C24H20ClN3OS/c1-17(27(2)18-10-4-3-5-11-18)16-30-24-26-21-14-8-6-12-19(21)23(29)28(24)22-15-9-7-13-20(22)25/h3-15H,1,16H2,2H3. The molecular formula is C24H20ClN3OS. The highest BCUT2D eigenvalue weighted by atomic mass is 35.5. The zero-order chi connectivity index (χ0) is 21.1. The predicted molar refractivity (Wildman–Crippen MR) is 127 cm³/mol. The molecule has 4 aromatic rings. The van der Waals surface area contributed by atoms with E-state index in [2.05, 4.69) is 6.58 Å². The number of benzene rings is 3. The summed E-state index contributed by atoms with van der Waals surface area (Å²) < 4.78 is 1.59. The number of thioether (sulfide) groups is 1. The summed E-state index contributed by atoms with van der Waals surface area (Å²) in [6.07, 6.45) is 0. The minimum atomic E-state index is -0.141. The van der Waals surface area contributed by atoms with Gasteiger partial charge in [-0.25, -0.2) is 4.98 Å². The normalized spacial score (nSPS) is 10.9. The van der Waals surface area contributed by atoms with Crippen molar-refractivity contribution in [2.75, 3.05) is 17.7 Å². The first kappa shape index (κ1) is 20.3. The van der Waals surface area contributed by atoms with Gasteiger partial charge in [0.2, 0.25) is 0 Å². The number of fused-ring (bicyclic) bond motifs is 1. The predicted octanol–water partition coefficient (Wildman–Crippen LogP) is 5.78. The number of nitrogens with zero attached hydrogens (tertiary/aromatic N) is 3. The lowest BCUT2D eigenvalue weighted by Gasteiger charge is -2.22. The number of aromatic nitrogens is 2. The van der Waals surface area contributed by atoms with Crippen LogP contribution in [-0.2, 0) is 0 Å². The summed E-state index contributed by atoms with van der Waals surface area (Å²) in [5.41, 5.74) is 3.10. The lowest BCUT2D eigenvalue weighted by molar-refractivity contribution is 0.820. The van der Waals surface area contributed by atoms with Crippen molar-refractivity contribution in [2.45, 2.75) is 5.16 Å². The molecule has 0 aliphatic heterocycles. The third-order valence-electron chi connectivity index (χ3n) is 4.82. The smallest absolute Gasteiger partial charge is 0.266 e. The van der Waals surface area contributed by atoms with Crippen LogP contribution in [0.15, 0.2) is 101 Å². The molecule has 0 aliphatic rings. The first-order valence-corrected chi connectivity index (χ1v) is 10.8. The average Bonchev–Trinajstić information content (AvgIpc) is 2.78. The maximum absolute atomic E-state index is 13.3. The van der Waals surface area contributed by atoms with E-state index < -0.39 is 0 Å². The highest BCUT2D eigenvalue weighted by Crippen LogP contribution is 2.27. The second-order valence-electron chi connectivity index (χ2n) is 6.75. The first-order chi connectivity index (χ1) is 14.6. The molecule has 0 unspecified atom stereocenters. The molecule has 0 saturated carbocycles. The third kappa shape index (κ3) is 3.99. The van der Waals surface area contributed by atoms with Crippen molar-refractivity contribution >= 4 is 40.0 Å². The first-order valence-electron chi connectivity index (χ1n) is 9.42. The Kier molecular flexibility index (Phi) is 5.93. The summed E-state index contributed by atoms with van der Waals surface area (Å²) >= 11 is 7.89. The lowest BCUT2D eigenvalue weighted by Crippen LogP contribution is -2.23. The number of halogens is 1. The quantitative estimate of drug-likeness (QED) is 0.285. The van der Waals surface area contributed by atoms with Gasteiger partial charge in [0.15, 0.2) is 5.16 Å². The molecule has 0 fully saturated rings. The van der Waals surface area contributed by atoms with Crippen molar-refractivity contribution in [3.05, 3.63) is 107 Å². The Balaban J connectivity index is 1.73. The Morgan fingerprint density at radius 3 is 2.47 bits per heavy atom. The van der Waals surface area contributed by atoms with Gasteiger partial charge in [-0.2, -0.15) is 0 Å². The molecule has 0 aliphatic carbocycles. The SMILES string of the molecule is C=C(CSc1nc2ccccc2c(=O)n1-c1ccccc1Cl)N(C)c1ccccc1. The van der Waals surface area contributed by atoms with E-state index in [1.165, 1.54) is 11.8 Å². The summed E-state index contributed by atoms with van der Waals surface area (Å²) in [5.74, 6) is 0.570. The fourth-order valence-electron chi connectivity index (χ4n) is 3.13. The van der Waals surface area contributed by atoms with Crippen LogP contribution >= 0.6 is 23.4 Å². The van der Waals surface area contributed by atoms with Crippen molar-refractivity contribution < 1.29 is 0 Å². The molecule has 0 amide bonds. The summed E-state index contributed by atoms with van der Waals surface area (Å²) in [7, 11) is 1.98. The average molecular weight is 434 g/mol. The monoisotopic (exact) mass is 433 g/mol. The zero-order valence-electron chi connectivity index (χ0n) is 16.5. The van der Waals surface area contributed by atoms with Crippen LogP contribution in [0, 0.1) is 0 Å². The van der Waals surface area contributed by atoms with Crippen molar-refractivity contribution in [1.82, 2.24) is 9.55 Å². The van der Waals surface area contributed by atoms with Gasteiger partial charge in [-0.3, -0.25) is 9.36 Å². The molecule has 150 valence electrons. The summed E-state index contributed by atoms with van der Waals surface area (Å²) in [6.45, 7) is 4.21. The molecule has 4 nitrogen and oxygen atoms in total. The second-order valence-corrected chi connectivity index (χ2v) is 8.10. The molecule has 1 aromatic heterocycles. The molecule has 0 spiro atoms. The molecule has 4 rings (SSSR count). The van der Waals surface area contributed by atoms with E-state index in [9.17, 15) is 4.79 Å². The largest absolute Gasteiger partial charge is 0.348 e. The van der Waals surface area contributed by atoms with Gasteiger partial charge >= 0.3 is 0 Å². The van der Waals surface area contributed by atoms with Crippen LogP contribution in [0.2, 0.25) is 5.02 Å². The van der Waals surface area contributed by atoms with E-state index in [1.807, 2.05) is 78.7 Å². The molecule has 0 saturated heterocycles. The Morgan fingerprint density at radius 1 is 1.03 bits per heavy atom. The van der Waals surface area contributed by atoms with E-state index in [1.54, 1.807) is 16.7 Å². The number of hydrogen-bond donors (Lipinski definition) is 0. The van der Waals surface area contributed by atoms with Crippen LogP contribution in [0.5, 0.6) is 0 Å². The molecular weight excluding hydrogens is 414 g/mol. The van der Waals surface area contributed by atoms with Crippen LogP contribution in [0.25, 0.3) is 16.6 Å². The number of anilines is 1. The Hall–Kier alpha value is -3.02. The maximum atomic E-state index is 13.3. The molecule has 0 atom stereocenters. The minimum Gasteiger partial charge on any atom is -0.348 e. The summed E-state index contributed by atoms with van der Waals surface area (Å²) in [5, 5.41) is 1.63. The van der Waals surface area contributed by atoms with Gasteiger partial charge in [0.05, 0.1) is 21.6 Å². The van der Waals surface area contributed by atoms with Gasteiger partial charge < -0.3 is 4.90 Å². The van der Waals surface area contributed by atoms with Crippen molar-refractivity contribution in [2.24, 2.45) is 0 Å². The topological polar surface area (TPSA) is 38.1 Å². The summed E-state index contributed by atoms with van der Waals surface area (Å²) in [4.78, 5) is 20.1. The van der Waals surface area contributed by atoms with Gasteiger partial charge in [-0.1, -0.05) is 72.4 Å². The number of hydrogen-bond acceptors (Lipinski definition) is 4. The second kappa shape index (κ2) is 8.78. The van der Waals surface area contributed by atoms with Crippen LogP contribution in [-0.4, -0.2) is 22.4 Å². The molecule has 0 radical (unpaired) electrons. The van der Waals surface area contributed by atoms with E-state index in [0.29, 0.717) is 32.5 Å². The lowest BCUT2D eigenvalue weighted by atomic mass is 10.2. The van der Waals surface area contributed by atoms with Gasteiger partial charge in [0.25, 0.3) is 5.56 Å². The Bertz CT molecular complexity index is 1270. The van der Waals surface area contributed by atoms with Gasteiger partial charge in [0.1, 0.15) is 0 Å².